The Labute approximate surface area is 121 Å². The molecular formula is C16H28N2S. The summed E-state index contributed by atoms with van der Waals surface area (Å²) in [4.78, 5) is 6.24. The summed E-state index contributed by atoms with van der Waals surface area (Å²) < 4.78 is 0. The molecule has 1 aromatic rings. The third kappa shape index (κ3) is 3.79. The summed E-state index contributed by atoms with van der Waals surface area (Å²) in [6, 6.07) is 0. The molecule has 0 radical (unpaired) electrons. The van der Waals surface area contributed by atoms with Gasteiger partial charge < -0.3 is 5.73 Å². The fourth-order valence-corrected chi connectivity index (χ4v) is 4.07. The second-order valence-electron chi connectivity index (χ2n) is 7.16. The Hall–Kier alpha value is -0.410. The van der Waals surface area contributed by atoms with E-state index in [4.69, 9.17) is 10.7 Å². The quantitative estimate of drug-likeness (QED) is 0.883. The van der Waals surface area contributed by atoms with Crippen LogP contribution >= 0.6 is 11.3 Å². The molecule has 0 bridgehead atoms. The van der Waals surface area contributed by atoms with Crippen LogP contribution in [0.1, 0.15) is 74.9 Å². The number of nitrogens with two attached hydrogens (primary N) is 1. The van der Waals surface area contributed by atoms with Gasteiger partial charge in [-0.1, -0.05) is 27.7 Å². The summed E-state index contributed by atoms with van der Waals surface area (Å²) in [5.41, 5.74) is 7.68. The van der Waals surface area contributed by atoms with Gasteiger partial charge in [-0.15, -0.1) is 11.3 Å². The molecule has 0 spiro atoms. The lowest BCUT2D eigenvalue weighted by atomic mass is 9.73. The summed E-state index contributed by atoms with van der Waals surface area (Å²) in [5, 5.41) is 1.35. The van der Waals surface area contributed by atoms with E-state index in [9.17, 15) is 0 Å². The predicted octanol–water partition coefficient (Wildman–Crippen LogP) is 4.48. The van der Waals surface area contributed by atoms with E-state index in [2.05, 4.69) is 27.7 Å². The van der Waals surface area contributed by atoms with Crippen LogP contribution in [0, 0.1) is 11.3 Å². The molecule has 0 aromatic carbocycles. The Balaban J connectivity index is 2.11. The molecule has 0 saturated heterocycles. The molecule has 1 saturated carbocycles. The smallest absolute Gasteiger partial charge is 0.0962 e. The van der Waals surface area contributed by atoms with Gasteiger partial charge in [0.2, 0.25) is 0 Å². The summed E-state index contributed by atoms with van der Waals surface area (Å²) in [6.45, 7) is 9.93. The van der Waals surface area contributed by atoms with Gasteiger partial charge in [-0.3, -0.25) is 0 Å². The molecule has 0 amide bonds. The lowest BCUT2D eigenvalue weighted by Crippen LogP contribution is -2.20. The van der Waals surface area contributed by atoms with Crippen molar-refractivity contribution < 1.29 is 0 Å². The van der Waals surface area contributed by atoms with E-state index >= 15 is 0 Å². The molecular weight excluding hydrogens is 252 g/mol. The fraction of sp³-hybridized carbons (Fsp3) is 0.812. The van der Waals surface area contributed by atoms with Crippen LogP contribution in [-0.2, 0) is 13.0 Å². The van der Waals surface area contributed by atoms with Gasteiger partial charge in [-0.2, -0.15) is 0 Å². The highest BCUT2D eigenvalue weighted by molar-refractivity contribution is 7.11. The van der Waals surface area contributed by atoms with Crippen molar-refractivity contribution in [2.24, 2.45) is 17.1 Å². The number of thiazole rings is 1. The second kappa shape index (κ2) is 5.92. The first-order valence-electron chi connectivity index (χ1n) is 7.60. The molecule has 0 aliphatic heterocycles. The molecule has 2 N–H and O–H groups in total. The standard InChI is InChI=1S/C16H28N2S/c1-11(2)9-13-14(10-17)19-15(18-13)12-5-7-16(3,4)8-6-12/h11-12H,5-10,17H2,1-4H3. The van der Waals surface area contributed by atoms with Gasteiger partial charge in [0.15, 0.2) is 0 Å². The molecule has 2 nitrogen and oxygen atoms in total. The van der Waals surface area contributed by atoms with Crippen LogP contribution in [0.5, 0.6) is 0 Å². The van der Waals surface area contributed by atoms with Crippen molar-refractivity contribution in [2.75, 3.05) is 0 Å². The average molecular weight is 280 g/mol. The van der Waals surface area contributed by atoms with Crippen LogP contribution in [0.3, 0.4) is 0 Å². The summed E-state index contributed by atoms with van der Waals surface area (Å²) >= 11 is 1.87. The first kappa shape index (κ1) is 15.0. The van der Waals surface area contributed by atoms with Gasteiger partial charge in [0.05, 0.1) is 10.7 Å². The van der Waals surface area contributed by atoms with Gasteiger partial charge in [0.1, 0.15) is 0 Å². The molecule has 19 heavy (non-hydrogen) atoms. The van der Waals surface area contributed by atoms with Gasteiger partial charge >= 0.3 is 0 Å². The highest BCUT2D eigenvalue weighted by atomic mass is 32.1. The Morgan fingerprint density at radius 3 is 2.47 bits per heavy atom. The van der Waals surface area contributed by atoms with Crippen molar-refractivity contribution in [3.63, 3.8) is 0 Å². The van der Waals surface area contributed by atoms with Gasteiger partial charge in [-0.25, -0.2) is 4.98 Å². The minimum absolute atomic E-state index is 0.533. The Kier molecular flexibility index (Phi) is 4.67. The van der Waals surface area contributed by atoms with Crippen molar-refractivity contribution in [1.82, 2.24) is 4.98 Å². The van der Waals surface area contributed by atoms with E-state index in [1.807, 2.05) is 11.3 Å². The van der Waals surface area contributed by atoms with Crippen LogP contribution in [0.25, 0.3) is 0 Å². The maximum atomic E-state index is 5.88. The number of rotatable bonds is 4. The molecule has 108 valence electrons. The largest absolute Gasteiger partial charge is 0.326 e. The second-order valence-corrected chi connectivity index (χ2v) is 8.28. The summed E-state index contributed by atoms with van der Waals surface area (Å²) in [7, 11) is 0. The predicted molar refractivity (Wildman–Crippen MR) is 83.5 cm³/mol. The van der Waals surface area contributed by atoms with Gasteiger partial charge in [0.25, 0.3) is 0 Å². The van der Waals surface area contributed by atoms with Crippen LogP contribution in [0.4, 0.5) is 0 Å². The highest BCUT2D eigenvalue weighted by Crippen LogP contribution is 2.43. The van der Waals surface area contributed by atoms with Gasteiger partial charge in [-0.05, 0) is 43.4 Å². The van der Waals surface area contributed by atoms with Crippen LogP contribution in [0.2, 0.25) is 0 Å². The third-order valence-electron chi connectivity index (χ3n) is 4.27. The molecule has 1 aliphatic rings. The maximum absolute atomic E-state index is 5.88. The Morgan fingerprint density at radius 2 is 1.95 bits per heavy atom. The van der Waals surface area contributed by atoms with Crippen LogP contribution in [-0.4, -0.2) is 4.98 Å². The minimum Gasteiger partial charge on any atom is -0.326 e. The zero-order valence-corrected chi connectivity index (χ0v) is 13.6. The van der Waals surface area contributed by atoms with Crippen LogP contribution < -0.4 is 5.73 Å². The first-order chi connectivity index (χ1) is 8.91. The normalized spacial score (nSPS) is 20.1. The molecule has 1 fully saturated rings. The molecule has 2 rings (SSSR count). The number of aromatic nitrogens is 1. The number of nitrogens with zero attached hydrogens (tertiary/aromatic N) is 1. The minimum atomic E-state index is 0.533. The van der Waals surface area contributed by atoms with Crippen LogP contribution in [0.15, 0.2) is 0 Å². The van der Waals surface area contributed by atoms with Crippen molar-refractivity contribution >= 4 is 11.3 Å². The molecule has 0 atom stereocenters. The fourth-order valence-electron chi connectivity index (χ4n) is 2.93. The SMILES string of the molecule is CC(C)Cc1nc(C2CCC(C)(C)CC2)sc1CN. The molecule has 1 heterocycles. The zero-order chi connectivity index (χ0) is 14.0. The average Bonchev–Trinajstić information content (AvgIpc) is 2.71. The zero-order valence-electron chi connectivity index (χ0n) is 12.8. The summed E-state index contributed by atoms with van der Waals surface area (Å²) in [6.07, 6.45) is 6.32. The lowest BCUT2D eigenvalue weighted by Gasteiger charge is -2.33. The topological polar surface area (TPSA) is 38.9 Å². The molecule has 3 heteroatoms. The molecule has 1 aromatic heterocycles. The van der Waals surface area contributed by atoms with E-state index in [0.717, 1.165) is 6.42 Å². The van der Waals surface area contributed by atoms with Crippen molar-refractivity contribution in [2.45, 2.75) is 72.3 Å². The Morgan fingerprint density at radius 1 is 1.32 bits per heavy atom. The maximum Gasteiger partial charge on any atom is 0.0962 e. The molecule has 0 unspecified atom stereocenters. The number of hydrogen-bond donors (Lipinski definition) is 1. The van der Waals surface area contributed by atoms with Gasteiger partial charge in [0, 0.05) is 17.3 Å². The highest BCUT2D eigenvalue weighted by Gasteiger charge is 2.29. The molecule has 1 aliphatic carbocycles. The van der Waals surface area contributed by atoms with Crippen molar-refractivity contribution in [3.8, 4) is 0 Å². The van der Waals surface area contributed by atoms with E-state index < -0.39 is 0 Å². The van der Waals surface area contributed by atoms with E-state index in [0.29, 0.717) is 23.8 Å². The Bertz CT molecular complexity index is 410. The number of hydrogen-bond acceptors (Lipinski definition) is 3. The summed E-state index contributed by atoms with van der Waals surface area (Å²) in [5.74, 6) is 1.34. The monoisotopic (exact) mass is 280 g/mol. The van der Waals surface area contributed by atoms with E-state index in [1.165, 1.54) is 41.3 Å². The van der Waals surface area contributed by atoms with E-state index in [1.54, 1.807) is 0 Å². The van der Waals surface area contributed by atoms with Crippen molar-refractivity contribution in [3.05, 3.63) is 15.6 Å². The first-order valence-corrected chi connectivity index (χ1v) is 8.41. The third-order valence-corrected chi connectivity index (χ3v) is 5.55. The lowest BCUT2D eigenvalue weighted by molar-refractivity contribution is 0.224. The van der Waals surface area contributed by atoms with E-state index in [-0.39, 0.29) is 0 Å². The van der Waals surface area contributed by atoms with Crippen molar-refractivity contribution in [1.29, 1.82) is 0 Å².